The van der Waals surface area contributed by atoms with Crippen LogP contribution in [0.15, 0.2) is 0 Å². The average molecular weight is 102 g/mol. The summed E-state index contributed by atoms with van der Waals surface area (Å²) in [6, 6.07) is -0.137. The summed E-state index contributed by atoms with van der Waals surface area (Å²) in [6.45, 7) is 1.74. The van der Waals surface area contributed by atoms with E-state index in [2.05, 4.69) is 0 Å². The molecule has 0 heterocycles. The van der Waals surface area contributed by atoms with Crippen LogP contribution in [-0.4, -0.2) is 24.0 Å². The number of hydrogen-bond acceptors (Lipinski definition) is 2. The Labute approximate surface area is 43.0 Å². The van der Waals surface area contributed by atoms with Crippen molar-refractivity contribution in [2.24, 2.45) is 5.73 Å². The van der Waals surface area contributed by atoms with Crippen molar-refractivity contribution in [3.8, 4) is 0 Å². The first-order chi connectivity index (χ1) is 3.13. The molecule has 0 saturated carbocycles. The van der Waals surface area contributed by atoms with Crippen LogP contribution >= 0.6 is 0 Å². The number of hydroxylamine groups is 1. The molecule has 7 heavy (non-hydrogen) atoms. The minimum atomic E-state index is -0.137. The standard InChI is InChI=1S/C4H10N2O/c1-4(5)3-6(2)7/h3-4H,5H2,1-2H3/b6-3-. The third-order valence-electron chi connectivity index (χ3n) is 0.445. The van der Waals surface area contributed by atoms with Crippen LogP contribution in [0.4, 0.5) is 0 Å². The van der Waals surface area contributed by atoms with Gasteiger partial charge in [0.2, 0.25) is 0 Å². The van der Waals surface area contributed by atoms with E-state index in [9.17, 15) is 5.21 Å². The van der Waals surface area contributed by atoms with Crippen LogP contribution in [0.25, 0.3) is 0 Å². The average Bonchev–Trinajstić information content (AvgIpc) is 1.27. The largest absolute Gasteiger partial charge is 0.624 e. The Bertz CT molecular complexity index is 73.8. The highest BCUT2D eigenvalue weighted by atomic mass is 16.5. The van der Waals surface area contributed by atoms with Crippen molar-refractivity contribution in [1.82, 2.24) is 0 Å². The zero-order valence-electron chi connectivity index (χ0n) is 4.59. The molecular formula is C4H10N2O. The van der Waals surface area contributed by atoms with Crippen molar-refractivity contribution >= 4 is 6.21 Å². The lowest BCUT2D eigenvalue weighted by atomic mass is 10.4. The van der Waals surface area contributed by atoms with Gasteiger partial charge in [0.25, 0.3) is 0 Å². The van der Waals surface area contributed by atoms with Gasteiger partial charge in [-0.2, -0.15) is 0 Å². The Morgan fingerprint density at radius 3 is 2.29 bits per heavy atom. The topological polar surface area (TPSA) is 52.1 Å². The van der Waals surface area contributed by atoms with Crippen LogP contribution in [-0.2, 0) is 0 Å². The minimum Gasteiger partial charge on any atom is -0.624 e. The molecule has 1 unspecified atom stereocenters. The zero-order chi connectivity index (χ0) is 5.86. The molecule has 0 radical (unpaired) electrons. The van der Waals surface area contributed by atoms with E-state index in [1.807, 2.05) is 0 Å². The maximum Gasteiger partial charge on any atom is 0.167 e. The molecule has 42 valence electrons. The van der Waals surface area contributed by atoms with Crippen molar-refractivity contribution in [2.75, 3.05) is 7.05 Å². The van der Waals surface area contributed by atoms with Crippen LogP contribution < -0.4 is 5.73 Å². The van der Waals surface area contributed by atoms with Gasteiger partial charge in [0.15, 0.2) is 6.21 Å². The van der Waals surface area contributed by atoms with E-state index in [0.717, 1.165) is 0 Å². The lowest BCUT2D eigenvalue weighted by Gasteiger charge is -1.95. The van der Waals surface area contributed by atoms with E-state index in [1.165, 1.54) is 13.3 Å². The maximum absolute atomic E-state index is 10.0. The van der Waals surface area contributed by atoms with E-state index in [1.54, 1.807) is 6.92 Å². The van der Waals surface area contributed by atoms with Gasteiger partial charge in [0.05, 0.1) is 6.04 Å². The molecule has 0 bridgehead atoms. The predicted octanol–water partition coefficient (Wildman–Crippen LogP) is -0.455. The summed E-state index contributed by atoms with van der Waals surface area (Å²) < 4.78 is 0.699. The molecule has 0 aliphatic rings. The molecule has 0 rings (SSSR count). The second-order valence-corrected chi connectivity index (χ2v) is 1.55. The first kappa shape index (κ1) is 6.43. The van der Waals surface area contributed by atoms with Crippen LogP contribution in [0, 0.1) is 5.21 Å². The number of hydrogen-bond donors (Lipinski definition) is 1. The summed E-state index contributed by atoms with van der Waals surface area (Å²) in [4.78, 5) is 0. The summed E-state index contributed by atoms with van der Waals surface area (Å²) in [5.74, 6) is 0. The Morgan fingerprint density at radius 2 is 2.29 bits per heavy atom. The second kappa shape index (κ2) is 2.58. The molecule has 3 nitrogen and oxygen atoms in total. The summed E-state index contributed by atoms with van der Waals surface area (Å²) in [7, 11) is 1.41. The molecule has 2 N–H and O–H groups in total. The van der Waals surface area contributed by atoms with Crippen molar-refractivity contribution in [3.05, 3.63) is 5.21 Å². The molecule has 0 amide bonds. The second-order valence-electron chi connectivity index (χ2n) is 1.55. The van der Waals surface area contributed by atoms with Gasteiger partial charge in [-0.1, -0.05) is 0 Å². The van der Waals surface area contributed by atoms with Crippen LogP contribution in [0.1, 0.15) is 6.92 Å². The molecule has 3 heteroatoms. The maximum atomic E-state index is 10.0. The summed E-state index contributed by atoms with van der Waals surface area (Å²) in [5.41, 5.74) is 5.20. The van der Waals surface area contributed by atoms with E-state index in [-0.39, 0.29) is 6.04 Å². The molecular weight excluding hydrogens is 92.1 g/mol. The predicted molar refractivity (Wildman–Crippen MR) is 29.3 cm³/mol. The molecule has 0 fully saturated rings. The van der Waals surface area contributed by atoms with Gasteiger partial charge in [-0.15, -0.1) is 0 Å². The summed E-state index contributed by atoms with van der Waals surface area (Å²) >= 11 is 0. The van der Waals surface area contributed by atoms with Crippen molar-refractivity contribution in [3.63, 3.8) is 0 Å². The highest BCUT2D eigenvalue weighted by Gasteiger charge is 1.87. The first-order valence-electron chi connectivity index (χ1n) is 2.13. The van der Waals surface area contributed by atoms with Gasteiger partial charge in [0.1, 0.15) is 7.05 Å². The molecule has 0 aliphatic heterocycles. The molecule has 0 saturated heterocycles. The monoisotopic (exact) mass is 102 g/mol. The molecule has 0 aliphatic carbocycles. The third-order valence-corrected chi connectivity index (χ3v) is 0.445. The summed E-state index contributed by atoms with van der Waals surface area (Å²) in [5, 5.41) is 10.0. The number of nitrogens with zero attached hydrogens (tertiary/aromatic N) is 1. The zero-order valence-corrected chi connectivity index (χ0v) is 4.59. The van der Waals surface area contributed by atoms with Gasteiger partial charge in [-0.3, -0.25) is 0 Å². The fraction of sp³-hybridized carbons (Fsp3) is 0.750. The third kappa shape index (κ3) is 5.43. The Kier molecular flexibility index (Phi) is 2.37. The van der Waals surface area contributed by atoms with Crippen LogP contribution in [0.3, 0.4) is 0 Å². The van der Waals surface area contributed by atoms with Gasteiger partial charge in [0, 0.05) is 0 Å². The van der Waals surface area contributed by atoms with Gasteiger partial charge in [-0.25, -0.2) is 4.74 Å². The normalized spacial score (nSPS) is 16.7. The van der Waals surface area contributed by atoms with Crippen molar-refractivity contribution < 1.29 is 4.74 Å². The molecule has 1 atom stereocenters. The fourth-order valence-electron chi connectivity index (χ4n) is 0.331. The lowest BCUT2D eigenvalue weighted by Crippen LogP contribution is -2.20. The van der Waals surface area contributed by atoms with Gasteiger partial charge < -0.3 is 10.9 Å². The number of rotatable bonds is 1. The van der Waals surface area contributed by atoms with E-state index in [0.29, 0.717) is 4.74 Å². The first-order valence-corrected chi connectivity index (χ1v) is 2.13. The molecule has 0 aromatic heterocycles. The molecule has 0 aromatic carbocycles. The van der Waals surface area contributed by atoms with E-state index >= 15 is 0 Å². The SMILES string of the molecule is CC(N)/C=[N+](/C)[O-]. The van der Waals surface area contributed by atoms with Crippen molar-refractivity contribution in [1.29, 1.82) is 0 Å². The van der Waals surface area contributed by atoms with Gasteiger partial charge >= 0.3 is 0 Å². The van der Waals surface area contributed by atoms with Gasteiger partial charge in [-0.05, 0) is 6.92 Å². The Hall–Kier alpha value is -0.570. The fourth-order valence-corrected chi connectivity index (χ4v) is 0.331. The molecule has 0 aromatic rings. The highest BCUT2D eigenvalue weighted by Crippen LogP contribution is 1.63. The van der Waals surface area contributed by atoms with Crippen LogP contribution in [0.2, 0.25) is 0 Å². The van der Waals surface area contributed by atoms with E-state index in [4.69, 9.17) is 5.73 Å². The number of nitrogens with two attached hydrogens (primary N) is 1. The van der Waals surface area contributed by atoms with Crippen molar-refractivity contribution in [2.45, 2.75) is 13.0 Å². The van der Waals surface area contributed by atoms with E-state index < -0.39 is 0 Å². The summed E-state index contributed by atoms with van der Waals surface area (Å²) in [6.07, 6.45) is 1.39. The molecule has 0 spiro atoms. The lowest BCUT2D eigenvalue weighted by molar-refractivity contribution is -0.418. The highest BCUT2D eigenvalue weighted by molar-refractivity contribution is 5.57. The Morgan fingerprint density at radius 1 is 1.86 bits per heavy atom. The Balaban J connectivity index is 3.45. The smallest absolute Gasteiger partial charge is 0.167 e. The minimum absolute atomic E-state index is 0.137. The van der Waals surface area contributed by atoms with Crippen LogP contribution in [0.5, 0.6) is 0 Å². The quantitative estimate of drug-likeness (QED) is 0.211.